The van der Waals surface area contributed by atoms with Gasteiger partial charge in [-0.1, -0.05) is 30.3 Å². The fourth-order valence-corrected chi connectivity index (χ4v) is 1.84. The number of alkyl halides is 3. The molecule has 0 saturated heterocycles. The van der Waals surface area contributed by atoms with E-state index in [-0.39, 0.29) is 12.4 Å². The summed E-state index contributed by atoms with van der Waals surface area (Å²) in [5, 5.41) is 12.3. The maximum absolute atomic E-state index is 12.0. The molecule has 0 aliphatic heterocycles. The van der Waals surface area contributed by atoms with Crippen LogP contribution in [0.5, 0.6) is 5.75 Å². The number of para-hydroxylation sites is 1. The van der Waals surface area contributed by atoms with E-state index >= 15 is 0 Å². The van der Waals surface area contributed by atoms with Crippen LogP contribution in [0.3, 0.4) is 0 Å². The lowest BCUT2D eigenvalue weighted by atomic mass is 10.1. The molecule has 0 aromatic heterocycles. The molecule has 0 spiro atoms. The SMILES string of the molecule is OCc1ccccc1NCc1ccc(OC(F)(F)F)cc1. The van der Waals surface area contributed by atoms with Crippen LogP contribution in [-0.2, 0) is 13.2 Å². The van der Waals surface area contributed by atoms with Crippen LogP contribution < -0.4 is 10.1 Å². The average molecular weight is 297 g/mol. The lowest BCUT2D eigenvalue weighted by molar-refractivity contribution is -0.274. The first-order chi connectivity index (χ1) is 9.98. The number of aliphatic hydroxyl groups is 1. The molecule has 2 aromatic carbocycles. The Kier molecular flexibility index (Phi) is 4.70. The van der Waals surface area contributed by atoms with Crippen LogP contribution in [0.25, 0.3) is 0 Å². The molecule has 0 heterocycles. The van der Waals surface area contributed by atoms with Crippen molar-refractivity contribution in [1.29, 1.82) is 0 Å². The lowest BCUT2D eigenvalue weighted by Crippen LogP contribution is -2.17. The monoisotopic (exact) mass is 297 g/mol. The van der Waals surface area contributed by atoms with Gasteiger partial charge in [0.05, 0.1) is 6.61 Å². The molecule has 0 radical (unpaired) electrons. The Labute approximate surface area is 120 Å². The summed E-state index contributed by atoms with van der Waals surface area (Å²) in [5.41, 5.74) is 2.35. The van der Waals surface area contributed by atoms with Crippen molar-refractivity contribution in [3.8, 4) is 5.75 Å². The molecule has 2 rings (SSSR count). The topological polar surface area (TPSA) is 41.5 Å². The summed E-state index contributed by atoms with van der Waals surface area (Å²) in [6.07, 6.45) is -4.68. The second kappa shape index (κ2) is 6.49. The molecule has 0 aliphatic rings. The number of rotatable bonds is 5. The molecular formula is C15H14F3NO2. The Morgan fingerprint density at radius 1 is 1.00 bits per heavy atom. The summed E-state index contributed by atoms with van der Waals surface area (Å²) in [4.78, 5) is 0. The minimum Gasteiger partial charge on any atom is -0.406 e. The summed E-state index contributed by atoms with van der Waals surface area (Å²) < 4.78 is 39.9. The second-order valence-corrected chi connectivity index (χ2v) is 4.36. The quantitative estimate of drug-likeness (QED) is 0.884. The number of hydrogen-bond acceptors (Lipinski definition) is 3. The normalized spacial score (nSPS) is 11.2. The first kappa shape index (κ1) is 15.2. The standard InChI is InChI=1S/C15H14F3NO2/c16-15(17,18)21-13-7-5-11(6-8-13)9-19-14-4-2-1-3-12(14)10-20/h1-8,19-20H,9-10H2. The zero-order chi connectivity index (χ0) is 15.3. The van der Waals surface area contributed by atoms with Gasteiger partial charge in [0.25, 0.3) is 0 Å². The van der Waals surface area contributed by atoms with E-state index in [1.807, 2.05) is 18.2 Å². The third-order valence-corrected chi connectivity index (χ3v) is 2.83. The van der Waals surface area contributed by atoms with Crippen molar-refractivity contribution < 1.29 is 23.0 Å². The van der Waals surface area contributed by atoms with Gasteiger partial charge in [0.15, 0.2) is 0 Å². The Morgan fingerprint density at radius 2 is 1.67 bits per heavy atom. The fraction of sp³-hybridized carbons (Fsp3) is 0.200. The first-order valence-electron chi connectivity index (χ1n) is 6.25. The molecule has 6 heteroatoms. The lowest BCUT2D eigenvalue weighted by Gasteiger charge is -2.12. The maximum Gasteiger partial charge on any atom is 0.573 e. The van der Waals surface area contributed by atoms with Gasteiger partial charge in [-0.2, -0.15) is 0 Å². The fourth-order valence-electron chi connectivity index (χ4n) is 1.84. The highest BCUT2D eigenvalue weighted by atomic mass is 19.4. The van der Waals surface area contributed by atoms with Crippen LogP contribution in [0.4, 0.5) is 18.9 Å². The molecular weight excluding hydrogens is 283 g/mol. The van der Waals surface area contributed by atoms with Crippen LogP contribution in [0, 0.1) is 0 Å². The van der Waals surface area contributed by atoms with Crippen molar-refractivity contribution in [3.63, 3.8) is 0 Å². The van der Waals surface area contributed by atoms with Crippen LogP contribution in [0.15, 0.2) is 48.5 Å². The van der Waals surface area contributed by atoms with Crippen molar-refractivity contribution in [2.45, 2.75) is 19.5 Å². The molecule has 0 aliphatic carbocycles. The highest BCUT2D eigenvalue weighted by molar-refractivity contribution is 5.51. The van der Waals surface area contributed by atoms with E-state index in [1.165, 1.54) is 12.1 Å². The number of nitrogens with one attached hydrogen (secondary N) is 1. The molecule has 0 unspecified atom stereocenters. The maximum atomic E-state index is 12.0. The Bertz CT molecular complexity index is 582. The Hall–Kier alpha value is -2.21. The third-order valence-electron chi connectivity index (χ3n) is 2.83. The number of benzene rings is 2. The third kappa shape index (κ3) is 4.68. The van der Waals surface area contributed by atoms with Crippen LogP contribution in [0.1, 0.15) is 11.1 Å². The van der Waals surface area contributed by atoms with E-state index in [0.29, 0.717) is 6.54 Å². The molecule has 2 aromatic rings. The van der Waals surface area contributed by atoms with Crippen molar-refractivity contribution in [1.82, 2.24) is 0 Å². The van der Waals surface area contributed by atoms with Gasteiger partial charge < -0.3 is 15.2 Å². The molecule has 0 atom stereocenters. The van der Waals surface area contributed by atoms with E-state index in [4.69, 9.17) is 0 Å². The van der Waals surface area contributed by atoms with Gasteiger partial charge in [0.1, 0.15) is 5.75 Å². The zero-order valence-corrected chi connectivity index (χ0v) is 11.0. The average Bonchev–Trinajstić information content (AvgIpc) is 2.45. The summed E-state index contributed by atoms with van der Waals surface area (Å²) in [5.74, 6) is -0.248. The molecule has 21 heavy (non-hydrogen) atoms. The van der Waals surface area contributed by atoms with Crippen molar-refractivity contribution >= 4 is 5.69 Å². The minimum absolute atomic E-state index is 0.0818. The predicted molar refractivity (Wildman–Crippen MR) is 72.8 cm³/mol. The molecule has 3 nitrogen and oxygen atoms in total. The van der Waals surface area contributed by atoms with Crippen LogP contribution in [0.2, 0.25) is 0 Å². The number of ether oxygens (including phenoxy) is 1. The molecule has 0 fully saturated rings. The molecule has 0 saturated carbocycles. The first-order valence-corrected chi connectivity index (χ1v) is 6.25. The van der Waals surface area contributed by atoms with E-state index in [0.717, 1.165) is 16.8 Å². The summed E-state index contributed by atoms with van der Waals surface area (Å²) in [7, 11) is 0. The van der Waals surface area contributed by atoms with E-state index in [2.05, 4.69) is 10.1 Å². The Balaban J connectivity index is 1.98. The molecule has 0 bridgehead atoms. The van der Waals surface area contributed by atoms with Crippen LogP contribution >= 0.6 is 0 Å². The van der Waals surface area contributed by atoms with E-state index < -0.39 is 6.36 Å². The minimum atomic E-state index is -4.68. The summed E-state index contributed by atoms with van der Waals surface area (Å²) in [6, 6.07) is 12.9. The van der Waals surface area contributed by atoms with Gasteiger partial charge in [0, 0.05) is 17.8 Å². The second-order valence-electron chi connectivity index (χ2n) is 4.36. The molecule has 112 valence electrons. The van der Waals surface area contributed by atoms with Gasteiger partial charge in [-0.15, -0.1) is 13.2 Å². The van der Waals surface area contributed by atoms with Crippen molar-refractivity contribution in [2.75, 3.05) is 5.32 Å². The van der Waals surface area contributed by atoms with Crippen LogP contribution in [-0.4, -0.2) is 11.5 Å². The van der Waals surface area contributed by atoms with Gasteiger partial charge >= 0.3 is 6.36 Å². The van der Waals surface area contributed by atoms with E-state index in [9.17, 15) is 18.3 Å². The number of aliphatic hydroxyl groups excluding tert-OH is 1. The van der Waals surface area contributed by atoms with Gasteiger partial charge in [-0.05, 0) is 23.8 Å². The van der Waals surface area contributed by atoms with Crippen molar-refractivity contribution in [3.05, 3.63) is 59.7 Å². The number of hydrogen-bond donors (Lipinski definition) is 2. The molecule has 0 amide bonds. The predicted octanol–water partition coefficient (Wildman–Crippen LogP) is 3.69. The Morgan fingerprint density at radius 3 is 2.29 bits per heavy atom. The largest absolute Gasteiger partial charge is 0.573 e. The summed E-state index contributed by atoms with van der Waals surface area (Å²) in [6.45, 7) is 0.352. The van der Waals surface area contributed by atoms with E-state index in [1.54, 1.807) is 18.2 Å². The number of anilines is 1. The highest BCUT2D eigenvalue weighted by Gasteiger charge is 2.30. The summed E-state index contributed by atoms with van der Waals surface area (Å²) >= 11 is 0. The zero-order valence-electron chi connectivity index (χ0n) is 11.0. The van der Waals surface area contributed by atoms with Gasteiger partial charge in [-0.3, -0.25) is 0 Å². The smallest absolute Gasteiger partial charge is 0.406 e. The van der Waals surface area contributed by atoms with Crippen molar-refractivity contribution in [2.24, 2.45) is 0 Å². The van der Waals surface area contributed by atoms with Gasteiger partial charge in [0.2, 0.25) is 0 Å². The number of halogens is 3. The van der Waals surface area contributed by atoms with Gasteiger partial charge in [-0.25, -0.2) is 0 Å². The molecule has 2 N–H and O–H groups in total. The highest BCUT2D eigenvalue weighted by Crippen LogP contribution is 2.23.